The van der Waals surface area contributed by atoms with Crippen molar-refractivity contribution in [2.75, 3.05) is 19.6 Å². The van der Waals surface area contributed by atoms with Crippen LogP contribution >= 0.6 is 0 Å². The van der Waals surface area contributed by atoms with Crippen molar-refractivity contribution in [3.05, 3.63) is 23.8 Å². The van der Waals surface area contributed by atoms with Gasteiger partial charge in [0.15, 0.2) is 0 Å². The van der Waals surface area contributed by atoms with E-state index in [1.165, 1.54) is 32.5 Å². The number of rotatable bonds is 5. The third-order valence-electron chi connectivity index (χ3n) is 3.88. The van der Waals surface area contributed by atoms with Crippen molar-refractivity contribution in [3.8, 4) is 0 Å². The van der Waals surface area contributed by atoms with Gasteiger partial charge in [-0.05, 0) is 58.7 Å². The van der Waals surface area contributed by atoms with Crippen molar-refractivity contribution in [2.24, 2.45) is 5.92 Å². The molecule has 0 unspecified atom stereocenters. The molecule has 0 aliphatic carbocycles. The summed E-state index contributed by atoms with van der Waals surface area (Å²) in [5.41, 5.74) is 1.13. The van der Waals surface area contributed by atoms with Gasteiger partial charge >= 0.3 is 0 Å². The van der Waals surface area contributed by atoms with E-state index in [-0.39, 0.29) is 0 Å². The summed E-state index contributed by atoms with van der Waals surface area (Å²) in [4.78, 5) is 11.2. The van der Waals surface area contributed by atoms with Crippen LogP contribution in [0.25, 0.3) is 0 Å². The lowest BCUT2D eigenvalue weighted by Crippen LogP contribution is -2.39. The second-order valence-electron chi connectivity index (χ2n) is 5.81. The van der Waals surface area contributed by atoms with Crippen LogP contribution in [0.4, 0.5) is 0 Å². The Bertz CT molecular complexity index is 385. The monoisotopic (exact) mass is 262 g/mol. The SMILES string of the molecule is Cc1nccc(CN(CC2CCNCC2)C(C)C)n1. The van der Waals surface area contributed by atoms with Crippen molar-refractivity contribution in [2.45, 2.75) is 46.2 Å². The Balaban J connectivity index is 1.95. The molecule has 1 N–H and O–H groups in total. The van der Waals surface area contributed by atoms with Crippen LogP contribution in [0.3, 0.4) is 0 Å². The Morgan fingerprint density at radius 2 is 2.11 bits per heavy atom. The maximum Gasteiger partial charge on any atom is 0.125 e. The molecule has 1 aromatic heterocycles. The number of piperidine rings is 1. The molecule has 0 amide bonds. The van der Waals surface area contributed by atoms with Crippen LogP contribution in [0.1, 0.15) is 38.2 Å². The highest BCUT2D eigenvalue weighted by Gasteiger charge is 2.19. The number of hydrogen-bond donors (Lipinski definition) is 1. The molecule has 106 valence electrons. The molecule has 0 aromatic carbocycles. The summed E-state index contributed by atoms with van der Waals surface area (Å²) < 4.78 is 0. The zero-order valence-corrected chi connectivity index (χ0v) is 12.4. The smallest absolute Gasteiger partial charge is 0.125 e. The van der Waals surface area contributed by atoms with Gasteiger partial charge in [-0.15, -0.1) is 0 Å². The number of nitrogens with one attached hydrogen (secondary N) is 1. The molecular formula is C15H26N4. The Hall–Kier alpha value is -1.00. The lowest BCUT2D eigenvalue weighted by molar-refractivity contribution is 0.160. The molecule has 4 nitrogen and oxygen atoms in total. The van der Waals surface area contributed by atoms with E-state index in [4.69, 9.17) is 0 Å². The van der Waals surface area contributed by atoms with E-state index in [1.54, 1.807) is 0 Å². The fraction of sp³-hybridized carbons (Fsp3) is 0.733. The molecule has 1 aliphatic heterocycles. The highest BCUT2D eigenvalue weighted by atomic mass is 15.2. The average Bonchev–Trinajstić information content (AvgIpc) is 2.39. The molecule has 4 heteroatoms. The topological polar surface area (TPSA) is 41.1 Å². The van der Waals surface area contributed by atoms with Gasteiger partial charge in [-0.25, -0.2) is 9.97 Å². The number of aryl methyl sites for hydroxylation is 1. The van der Waals surface area contributed by atoms with Crippen molar-refractivity contribution < 1.29 is 0 Å². The summed E-state index contributed by atoms with van der Waals surface area (Å²) >= 11 is 0. The van der Waals surface area contributed by atoms with E-state index < -0.39 is 0 Å². The second kappa shape index (κ2) is 6.96. The number of nitrogens with zero attached hydrogens (tertiary/aromatic N) is 3. The zero-order valence-electron chi connectivity index (χ0n) is 12.4. The van der Waals surface area contributed by atoms with E-state index in [0.29, 0.717) is 6.04 Å². The van der Waals surface area contributed by atoms with Crippen LogP contribution in [0.5, 0.6) is 0 Å². The van der Waals surface area contributed by atoms with Crippen LogP contribution in [0, 0.1) is 12.8 Å². The summed E-state index contributed by atoms with van der Waals surface area (Å²) in [5, 5.41) is 3.44. The summed E-state index contributed by atoms with van der Waals surface area (Å²) in [6.45, 7) is 11.0. The average molecular weight is 262 g/mol. The van der Waals surface area contributed by atoms with Gasteiger partial charge in [-0.2, -0.15) is 0 Å². The van der Waals surface area contributed by atoms with E-state index in [2.05, 4.69) is 34.0 Å². The van der Waals surface area contributed by atoms with Crippen LogP contribution in [-0.2, 0) is 6.54 Å². The van der Waals surface area contributed by atoms with Crippen LogP contribution in [0.15, 0.2) is 12.3 Å². The molecule has 1 aromatic rings. The predicted octanol–water partition coefficient (Wildman–Crippen LogP) is 2.00. The highest BCUT2D eigenvalue weighted by molar-refractivity contribution is 5.01. The first-order valence-corrected chi connectivity index (χ1v) is 7.38. The van der Waals surface area contributed by atoms with Gasteiger partial charge in [0.25, 0.3) is 0 Å². The normalized spacial score (nSPS) is 17.3. The van der Waals surface area contributed by atoms with Gasteiger partial charge in [0.2, 0.25) is 0 Å². The molecular weight excluding hydrogens is 236 g/mol. The predicted molar refractivity (Wildman–Crippen MR) is 77.9 cm³/mol. The zero-order chi connectivity index (χ0) is 13.7. The molecule has 1 fully saturated rings. The highest BCUT2D eigenvalue weighted by Crippen LogP contribution is 2.16. The van der Waals surface area contributed by atoms with Crippen LogP contribution in [-0.4, -0.2) is 40.5 Å². The second-order valence-corrected chi connectivity index (χ2v) is 5.81. The van der Waals surface area contributed by atoms with E-state index >= 15 is 0 Å². The van der Waals surface area contributed by atoms with Gasteiger partial charge in [0.1, 0.15) is 5.82 Å². The summed E-state index contributed by atoms with van der Waals surface area (Å²) in [7, 11) is 0. The Kier molecular flexibility index (Phi) is 5.28. The van der Waals surface area contributed by atoms with Crippen molar-refractivity contribution >= 4 is 0 Å². The molecule has 0 saturated carbocycles. The van der Waals surface area contributed by atoms with Crippen molar-refractivity contribution in [1.82, 2.24) is 20.2 Å². The van der Waals surface area contributed by atoms with Crippen LogP contribution in [0.2, 0.25) is 0 Å². The largest absolute Gasteiger partial charge is 0.317 e. The van der Waals surface area contributed by atoms with Gasteiger partial charge in [0.05, 0.1) is 5.69 Å². The Morgan fingerprint density at radius 3 is 2.74 bits per heavy atom. The maximum absolute atomic E-state index is 4.52. The number of aromatic nitrogens is 2. The van der Waals surface area contributed by atoms with Crippen molar-refractivity contribution in [1.29, 1.82) is 0 Å². The third kappa shape index (κ3) is 4.55. The molecule has 1 saturated heterocycles. The Morgan fingerprint density at radius 1 is 1.37 bits per heavy atom. The van der Waals surface area contributed by atoms with E-state index in [9.17, 15) is 0 Å². The molecule has 0 bridgehead atoms. The van der Waals surface area contributed by atoms with Crippen molar-refractivity contribution in [3.63, 3.8) is 0 Å². The molecule has 0 spiro atoms. The van der Waals surface area contributed by atoms with E-state index in [0.717, 1.165) is 24.0 Å². The molecule has 0 radical (unpaired) electrons. The van der Waals surface area contributed by atoms with E-state index in [1.807, 2.05) is 19.2 Å². The first-order chi connectivity index (χ1) is 9.15. The molecule has 2 heterocycles. The summed E-state index contributed by atoms with van der Waals surface area (Å²) in [6, 6.07) is 2.59. The minimum atomic E-state index is 0.560. The van der Waals surface area contributed by atoms with Gasteiger partial charge in [0, 0.05) is 25.3 Å². The minimum Gasteiger partial charge on any atom is -0.317 e. The quantitative estimate of drug-likeness (QED) is 0.881. The number of hydrogen-bond acceptors (Lipinski definition) is 4. The molecule has 2 rings (SSSR count). The molecule has 1 aliphatic rings. The Labute approximate surface area is 116 Å². The van der Waals surface area contributed by atoms with Crippen LogP contribution < -0.4 is 5.32 Å². The molecule has 0 atom stereocenters. The summed E-state index contributed by atoms with van der Waals surface area (Å²) in [6.07, 6.45) is 4.46. The lowest BCUT2D eigenvalue weighted by atomic mass is 9.97. The van der Waals surface area contributed by atoms with Gasteiger partial charge in [-0.1, -0.05) is 0 Å². The van der Waals surface area contributed by atoms with Gasteiger partial charge < -0.3 is 5.32 Å². The summed E-state index contributed by atoms with van der Waals surface area (Å²) in [5.74, 6) is 1.69. The van der Waals surface area contributed by atoms with Gasteiger partial charge in [-0.3, -0.25) is 4.90 Å². The maximum atomic E-state index is 4.52. The first-order valence-electron chi connectivity index (χ1n) is 7.38. The first kappa shape index (κ1) is 14.4. The minimum absolute atomic E-state index is 0.560. The molecule has 19 heavy (non-hydrogen) atoms. The fourth-order valence-corrected chi connectivity index (χ4v) is 2.66. The standard InChI is InChI=1S/C15H26N4/c1-12(2)19(10-14-4-7-16-8-5-14)11-15-6-9-17-13(3)18-15/h6,9,12,14,16H,4-5,7-8,10-11H2,1-3H3. The lowest BCUT2D eigenvalue weighted by Gasteiger charge is -2.32. The third-order valence-corrected chi connectivity index (χ3v) is 3.88. The fourth-order valence-electron chi connectivity index (χ4n) is 2.66.